The second kappa shape index (κ2) is 7.43. The lowest BCUT2D eigenvalue weighted by Crippen LogP contribution is -2.44. The van der Waals surface area contributed by atoms with Crippen molar-refractivity contribution in [2.45, 2.75) is 31.7 Å². The van der Waals surface area contributed by atoms with Crippen LogP contribution in [0.25, 0.3) is 0 Å². The number of hydrogen-bond acceptors (Lipinski definition) is 4. The number of anilines is 2. The monoisotopic (exact) mass is 423 g/mol. The maximum absolute atomic E-state index is 13.3. The average Bonchev–Trinajstić information content (AvgIpc) is 3.53. The quantitative estimate of drug-likeness (QED) is 0.762. The second-order valence-corrected chi connectivity index (χ2v) is 8.63. The Hall–Kier alpha value is -2.86. The lowest BCUT2D eigenvalue weighted by molar-refractivity contribution is -0.125. The third-order valence-corrected chi connectivity index (χ3v) is 6.25. The average molecular weight is 424 g/mol. The van der Waals surface area contributed by atoms with Gasteiger partial charge in [0.05, 0.1) is 28.4 Å². The number of nitrogens with zero attached hydrogens (tertiary/aromatic N) is 2. The third kappa shape index (κ3) is 3.35. The van der Waals surface area contributed by atoms with Crippen molar-refractivity contribution in [3.8, 4) is 0 Å². The number of imide groups is 1. The molecule has 30 heavy (non-hydrogen) atoms. The normalized spacial score (nSPS) is 21.0. The predicted molar refractivity (Wildman–Crippen MR) is 115 cm³/mol. The standard InChI is InChI=1S/C23H22ClN3O3/c24-15-5-1-6-17(12-15)27-22(29)18-7-2-8-19(20(18)23(27)30)26-11-3-4-14(13-26)21(28)25-16-9-10-16/h1-2,5-8,12,14,16H,3-4,9-11,13H2,(H,25,28). The summed E-state index contributed by atoms with van der Waals surface area (Å²) < 4.78 is 0. The van der Waals surface area contributed by atoms with Crippen LogP contribution in [0.5, 0.6) is 0 Å². The van der Waals surface area contributed by atoms with E-state index in [2.05, 4.69) is 10.2 Å². The number of fused-ring (bicyclic) bond motifs is 1. The van der Waals surface area contributed by atoms with Crippen molar-refractivity contribution in [1.82, 2.24) is 5.32 Å². The van der Waals surface area contributed by atoms with Gasteiger partial charge in [0.25, 0.3) is 11.8 Å². The van der Waals surface area contributed by atoms with Crippen molar-refractivity contribution >= 4 is 40.7 Å². The first-order valence-corrected chi connectivity index (χ1v) is 10.7. The molecule has 1 N–H and O–H groups in total. The van der Waals surface area contributed by atoms with Gasteiger partial charge in [0.2, 0.25) is 5.91 Å². The number of carbonyl (C=O) groups is 3. The number of halogens is 1. The Morgan fingerprint density at radius 2 is 1.83 bits per heavy atom. The summed E-state index contributed by atoms with van der Waals surface area (Å²) in [7, 11) is 0. The Labute approximate surface area is 179 Å². The number of rotatable bonds is 4. The fraction of sp³-hybridized carbons (Fsp3) is 0.348. The highest BCUT2D eigenvalue weighted by atomic mass is 35.5. The molecule has 5 rings (SSSR count). The van der Waals surface area contributed by atoms with Crippen molar-refractivity contribution < 1.29 is 14.4 Å². The molecule has 154 valence electrons. The summed E-state index contributed by atoms with van der Waals surface area (Å²) in [5.74, 6) is -0.708. The van der Waals surface area contributed by atoms with Crippen LogP contribution >= 0.6 is 11.6 Å². The molecule has 6 nitrogen and oxygen atoms in total. The van der Waals surface area contributed by atoms with Crippen molar-refractivity contribution in [3.05, 3.63) is 58.6 Å². The van der Waals surface area contributed by atoms with Gasteiger partial charge < -0.3 is 10.2 Å². The molecule has 7 heteroatoms. The number of amides is 3. The first kappa shape index (κ1) is 19.1. The minimum atomic E-state index is -0.350. The molecule has 0 radical (unpaired) electrons. The van der Waals surface area contributed by atoms with Crippen molar-refractivity contribution in [3.63, 3.8) is 0 Å². The van der Waals surface area contributed by atoms with Crippen LogP contribution in [0.4, 0.5) is 11.4 Å². The van der Waals surface area contributed by atoms with Gasteiger partial charge in [-0.05, 0) is 56.0 Å². The highest BCUT2D eigenvalue weighted by Crippen LogP contribution is 2.36. The van der Waals surface area contributed by atoms with E-state index in [4.69, 9.17) is 11.6 Å². The summed E-state index contributed by atoms with van der Waals surface area (Å²) in [6, 6.07) is 12.4. The van der Waals surface area contributed by atoms with Gasteiger partial charge in [0.15, 0.2) is 0 Å². The molecule has 0 bridgehead atoms. The molecule has 3 amide bonds. The van der Waals surface area contributed by atoms with Crippen LogP contribution in [-0.4, -0.2) is 36.9 Å². The molecule has 1 aliphatic carbocycles. The van der Waals surface area contributed by atoms with Gasteiger partial charge in [0.1, 0.15) is 0 Å². The molecule has 1 atom stereocenters. The van der Waals surface area contributed by atoms with E-state index in [0.717, 1.165) is 37.9 Å². The van der Waals surface area contributed by atoms with Crippen molar-refractivity contribution in [2.24, 2.45) is 5.92 Å². The largest absolute Gasteiger partial charge is 0.370 e. The Balaban J connectivity index is 1.45. The van der Waals surface area contributed by atoms with Crippen LogP contribution in [0, 0.1) is 5.92 Å². The van der Waals surface area contributed by atoms with Crippen LogP contribution in [0.15, 0.2) is 42.5 Å². The first-order chi connectivity index (χ1) is 14.5. The van der Waals surface area contributed by atoms with Crippen LogP contribution in [0.2, 0.25) is 5.02 Å². The molecule has 1 saturated heterocycles. The Kier molecular flexibility index (Phi) is 4.74. The van der Waals surface area contributed by atoms with Gasteiger partial charge in [-0.2, -0.15) is 0 Å². The molecule has 0 spiro atoms. The Morgan fingerprint density at radius 3 is 2.60 bits per heavy atom. The second-order valence-electron chi connectivity index (χ2n) is 8.19. The number of carbonyl (C=O) groups excluding carboxylic acids is 3. The van der Waals surface area contributed by atoms with E-state index in [1.54, 1.807) is 36.4 Å². The Bertz CT molecular complexity index is 1050. The van der Waals surface area contributed by atoms with Gasteiger partial charge in [-0.25, -0.2) is 4.90 Å². The highest BCUT2D eigenvalue weighted by Gasteiger charge is 2.40. The van der Waals surface area contributed by atoms with E-state index in [9.17, 15) is 14.4 Å². The topological polar surface area (TPSA) is 69.7 Å². The van der Waals surface area contributed by atoms with Gasteiger partial charge in [-0.15, -0.1) is 0 Å². The number of nitrogens with one attached hydrogen (secondary N) is 1. The van der Waals surface area contributed by atoms with Crippen molar-refractivity contribution in [1.29, 1.82) is 0 Å². The molecule has 0 aromatic heterocycles. The van der Waals surface area contributed by atoms with Gasteiger partial charge >= 0.3 is 0 Å². The van der Waals surface area contributed by atoms with E-state index >= 15 is 0 Å². The molecule has 3 aliphatic rings. The molecule has 1 unspecified atom stereocenters. The zero-order valence-corrected chi connectivity index (χ0v) is 17.2. The maximum Gasteiger partial charge on any atom is 0.268 e. The molecule has 2 fully saturated rings. The van der Waals surface area contributed by atoms with Gasteiger partial charge in [-0.1, -0.05) is 23.7 Å². The maximum atomic E-state index is 13.3. The van der Waals surface area contributed by atoms with Crippen LogP contribution in [0.1, 0.15) is 46.4 Å². The SMILES string of the molecule is O=C(NC1CC1)C1CCCN(c2cccc3c2C(=O)N(c2cccc(Cl)c2)C3=O)C1. The summed E-state index contributed by atoms with van der Waals surface area (Å²) in [5.41, 5.74) is 1.98. The van der Waals surface area contributed by atoms with Crippen LogP contribution < -0.4 is 15.1 Å². The highest BCUT2D eigenvalue weighted by molar-refractivity contribution is 6.37. The fourth-order valence-corrected chi connectivity index (χ4v) is 4.52. The lowest BCUT2D eigenvalue weighted by Gasteiger charge is -2.34. The molecule has 2 aromatic carbocycles. The van der Waals surface area contributed by atoms with E-state index in [0.29, 0.717) is 34.4 Å². The molecule has 1 saturated carbocycles. The Morgan fingerprint density at radius 1 is 1.03 bits per heavy atom. The van der Waals surface area contributed by atoms with Crippen LogP contribution in [0.3, 0.4) is 0 Å². The summed E-state index contributed by atoms with van der Waals surface area (Å²) in [6.07, 6.45) is 3.83. The zero-order chi connectivity index (χ0) is 20.8. The summed E-state index contributed by atoms with van der Waals surface area (Å²) in [4.78, 5) is 42.2. The predicted octanol–water partition coefficient (Wildman–Crippen LogP) is 3.64. The van der Waals surface area contributed by atoms with E-state index in [1.807, 2.05) is 6.07 Å². The summed E-state index contributed by atoms with van der Waals surface area (Å²) >= 11 is 6.07. The van der Waals surface area contributed by atoms with Crippen molar-refractivity contribution in [2.75, 3.05) is 22.9 Å². The fourth-order valence-electron chi connectivity index (χ4n) is 4.34. The van der Waals surface area contributed by atoms with E-state index in [-0.39, 0.29) is 23.6 Å². The molecule has 2 aromatic rings. The first-order valence-electron chi connectivity index (χ1n) is 10.4. The summed E-state index contributed by atoms with van der Waals surface area (Å²) in [5, 5.41) is 3.55. The molecule has 2 heterocycles. The smallest absolute Gasteiger partial charge is 0.268 e. The van der Waals surface area contributed by atoms with Gasteiger partial charge in [0, 0.05) is 24.2 Å². The number of hydrogen-bond donors (Lipinski definition) is 1. The lowest BCUT2D eigenvalue weighted by atomic mass is 9.95. The third-order valence-electron chi connectivity index (χ3n) is 6.02. The summed E-state index contributed by atoms with van der Waals surface area (Å²) in [6.45, 7) is 1.30. The molecular weight excluding hydrogens is 402 g/mol. The van der Waals surface area contributed by atoms with Crippen LogP contribution in [-0.2, 0) is 4.79 Å². The zero-order valence-electron chi connectivity index (χ0n) is 16.4. The minimum absolute atomic E-state index is 0.0951. The minimum Gasteiger partial charge on any atom is -0.370 e. The molecular formula is C23H22ClN3O3. The van der Waals surface area contributed by atoms with E-state index < -0.39 is 0 Å². The number of benzene rings is 2. The van der Waals surface area contributed by atoms with Gasteiger partial charge in [-0.3, -0.25) is 14.4 Å². The number of piperidine rings is 1. The molecule has 2 aliphatic heterocycles. The van der Waals surface area contributed by atoms with E-state index in [1.165, 1.54) is 4.90 Å².